The first kappa shape index (κ1) is 16.2. The molecule has 0 heterocycles. The molecule has 0 N–H and O–H groups in total. The third-order valence-corrected chi connectivity index (χ3v) is 5.16. The van der Waals surface area contributed by atoms with Gasteiger partial charge in [-0.1, -0.05) is 18.2 Å². The highest BCUT2D eigenvalue weighted by Gasteiger charge is 2.18. The van der Waals surface area contributed by atoms with Gasteiger partial charge in [0.05, 0.1) is 4.90 Å². The van der Waals surface area contributed by atoms with E-state index in [1.165, 1.54) is 43.3 Å². The molecule has 22 heavy (non-hydrogen) atoms. The van der Waals surface area contributed by atoms with Gasteiger partial charge in [-0.3, -0.25) is 4.79 Å². The van der Waals surface area contributed by atoms with E-state index in [-0.39, 0.29) is 10.8 Å². The van der Waals surface area contributed by atoms with Crippen molar-refractivity contribution in [1.82, 2.24) is 4.31 Å². The highest BCUT2D eigenvalue weighted by atomic mass is 32.2. The smallest absolute Gasteiger partial charge is 0.258 e. The highest BCUT2D eigenvalue weighted by Crippen LogP contribution is 2.18. The number of amides is 1. The maximum absolute atomic E-state index is 12.4. The van der Waals surface area contributed by atoms with Gasteiger partial charge >= 0.3 is 0 Å². The van der Waals surface area contributed by atoms with Crippen molar-refractivity contribution >= 4 is 21.6 Å². The maximum atomic E-state index is 12.4. The molecule has 2 aromatic carbocycles. The largest absolute Gasteiger partial charge is 0.311 e. The van der Waals surface area contributed by atoms with Gasteiger partial charge in [-0.05, 0) is 36.4 Å². The lowest BCUT2D eigenvalue weighted by atomic mass is 10.2. The standard InChI is InChI=1S/C16H18N2O3S/c1-17(2)22(20,21)15-11-9-13(10-12-15)16(19)18(3)14-7-5-4-6-8-14/h4-12H,1-3H3. The summed E-state index contributed by atoms with van der Waals surface area (Å²) < 4.78 is 25.1. The fourth-order valence-corrected chi connectivity index (χ4v) is 2.84. The molecule has 0 spiro atoms. The first-order valence-corrected chi connectivity index (χ1v) is 8.14. The Morgan fingerprint density at radius 1 is 0.864 bits per heavy atom. The van der Waals surface area contributed by atoms with Crippen LogP contribution in [0.3, 0.4) is 0 Å². The molecular formula is C16H18N2O3S. The average Bonchev–Trinajstić information content (AvgIpc) is 2.54. The van der Waals surface area contributed by atoms with Crippen LogP contribution >= 0.6 is 0 Å². The number of para-hydroxylation sites is 1. The van der Waals surface area contributed by atoms with E-state index < -0.39 is 10.0 Å². The summed E-state index contributed by atoms with van der Waals surface area (Å²) in [5.41, 5.74) is 1.21. The van der Waals surface area contributed by atoms with E-state index in [4.69, 9.17) is 0 Å². The summed E-state index contributed by atoms with van der Waals surface area (Å²) in [4.78, 5) is 14.1. The van der Waals surface area contributed by atoms with Crippen LogP contribution in [0, 0.1) is 0 Å². The molecule has 0 unspecified atom stereocenters. The normalized spacial score (nSPS) is 11.5. The topological polar surface area (TPSA) is 57.7 Å². The van der Waals surface area contributed by atoms with E-state index >= 15 is 0 Å². The number of sulfonamides is 1. The average molecular weight is 318 g/mol. The molecule has 1 amide bonds. The lowest BCUT2D eigenvalue weighted by Gasteiger charge is -2.17. The van der Waals surface area contributed by atoms with E-state index in [1.54, 1.807) is 7.05 Å². The number of anilines is 1. The Morgan fingerprint density at radius 3 is 1.91 bits per heavy atom. The molecule has 2 aromatic rings. The Hall–Kier alpha value is -2.18. The van der Waals surface area contributed by atoms with Gasteiger partial charge in [0.2, 0.25) is 10.0 Å². The van der Waals surface area contributed by atoms with Crippen LogP contribution in [0.1, 0.15) is 10.4 Å². The number of hydrogen-bond acceptors (Lipinski definition) is 3. The predicted octanol–water partition coefficient (Wildman–Crippen LogP) is 2.21. The Kier molecular flexibility index (Phi) is 4.63. The summed E-state index contributed by atoms with van der Waals surface area (Å²) in [6.45, 7) is 0. The molecule has 6 heteroatoms. The number of rotatable bonds is 4. The predicted molar refractivity (Wildman–Crippen MR) is 86.5 cm³/mol. The Balaban J connectivity index is 2.26. The molecule has 0 bridgehead atoms. The molecule has 0 aromatic heterocycles. The zero-order valence-electron chi connectivity index (χ0n) is 12.7. The van der Waals surface area contributed by atoms with Crippen molar-refractivity contribution in [2.75, 3.05) is 26.0 Å². The van der Waals surface area contributed by atoms with E-state index in [2.05, 4.69) is 0 Å². The quantitative estimate of drug-likeness (QED) is 0.868. The zero-order chi connectivity index (χ0) is 16.3. The minimum absolute atomic E-state index is 0.163. The summed E-state index contributed by atoms with van der Waals surface area (Å²) in [5.74, 6) is -0.194. The van der Waals surface area contributed by atoms with Crippen molar-refractivity contribution in [3.05, 3.63) is 60.2 Å². The molecule has 5 nitrogen and oxygen atoms in total. The molecule has 0 aliphatic carbocycles. The Bertz CT molecular complexity index is 754. The van der Waals surface area contributed by atoms with Crippen LogP contribution in [0.2, 0.25) is 0 Å². The van der Waals surface area contributed by atoms with Gasteiger partial charge in [0.15, 0.2) is 0 Å². The number of carbonyl (C=O) groups is 1. The molecule has 116 valence electrons. The van der Waals surface area contributed by atoms with Crippen molar-refractivity contribution in [2.24, 2.45) is 0 Å². The van der Waals surface area contributed by atoms with Crippen molar-refractivity contribution < 1.29 is 13.2 Å². The van der Waals surface area contributed by atoms with Crippen molar-refractivity contribution in [3.63, 3.8) is 0 Å². The number of nitrogens with zero attached hydrogens (tertiary/aromatic N) is 2. The van der Waals surface area contributed by atoms with Gasteiger partial charge in [0.1, 0.15) is 0 Å². The minimum atomic E-state index is -3.48. The molecule has 0 radical (unpaired) electrons. The van der Waals surface area contributed by atoms with Gasteiger partial charge < -0.3 is 4.90 Å². The number of hydrogen-bond donors (Lipinski definition) is 0. The third kappa shape index (κ3) is 3.18. The van der Waals surface area contributed by atoms with Crippen LogP contribution < -0.4 is 4.90 Å². The molecule has 0 aliphatic rings. The molecular weight excluding hydrogens is 300 g/mol. The van der Waals surface area contributed by atoms with Gasteiger partial charge in [0.25, 0.3) is 5.91 Å². The maximum Gasteiger partial charge on any atom is 0.258 e. The van der Waals surface area contributed by atoms with Gasteiger partial charge in [-0.15, -0.1) is 0 Å². The third-order valence-electron chi connectivity index (χ3n) is 3.33. The van der Waals surface area contributed by atoms with Gasteiger partial charge in [-0.2, -0.15) is 0 Å². The lowest BCUT2D eigenvalue weighted by molar-refractivity contribution is 0.0993. The second-order valence-corrected chi connectivity index (χ2v) is 7.16. The second-order valence-electron chi connectivity index (χ2n) is 5.01. The second kappa shape index (κ2) is 6.29. The Morgan fingerprint density at radius 2 is 1.41 bits per heavy atom. The van der Waals surface area contributed by atoms with Crippen LogP contribution in [-0.2, 0) is 10.0 Å². The Labute approximate surface area is 130 Å². The highest BCUT2D eigenvalue weighted by molar-refractivity contribution is 7.89. The zero-order valence-corrected chi connectivity index (χ0v) is 13.5. The van der Waals surface area contributed by atoms with Crippen LogP contribution in [-0.4, -0.2) is 39.8 Å². The van der Waals surface area contributed by atoms with Crippen molar-refractivity contribution in [3.8, 4) is 0 Å². The SMILES string of the molecule is CN(C(=O)c1ccc(S(=O)(=O)N(C)C)cc1)c1ccccc1. The summed E-state index contributed by atoms with van der Waals surface area (Å²) in [7, 11) is 1.14. The van der Waals surface area contributed by atoms with E-state index in [0.29, 0.717) is 5.56 Å². The van der Waals surface area contributed by atoms with Gasteiger partial charge in [0, 0.05) is 32.4 Å². The number of carbonyl (C=O) groups excluding carboxylic acids is 1. The first-order chi connectivity index (χ1) is 10.3. The van der Waals surface area contributed by atoms with E-state index in [0.717, 1.165) is 9.99 Å². The van der Waals surface area contributed by atoms with Crippen LogP contribution in [0.25, 0.3) is 0 Å². The van der Waals surface area contributed by atoms with E-state index in [9.17, 15) is 13.2 Å². The van der Waals surface area contributed by atoms with Crippen LogP contribution in [0.15, 0.2) is 59.5 Å². The fraction of sp³-hybridized carbons (Fsp3) is 0.188. The fourth-order valence-electron chi connectivity index (χ4n) is 1.94. The van der Waals surface area contributed by atoms with Crippen molar-refractivity contribution in [2.45, 2.75) is 4.90 Å². The summed E-state index contributed by atoms with van der Waals surface area (Å²) in [5, 5.41) is 0. The van der Waals surface area contributed by atoms with Crippen molar-refractivity contribution in [1.29, 1.82) is 0 Å². The van der Waals surface area contributed by atoms with E-state index in [1.807, 2.05) is 30.3 Å². The molecule has 0 saturated carbocycles. The molecule has 0 atom stereocenters. The summed E-state index contributed by atoms with van der Waals surface area (Å²) in [6, 6.07) is 15.2. The van der Waals surface area contributed by atoms with Gasteiger partial charge in [-0.25, -0.2) is 12.7 Å². The summed E-state index contributed by atoms with van der Waals surface area (Å²) in [6.07, 6.45) is 0. The molecule has 0 aliphatic heterocycles. The van der Waals surface area contributed by atoms with Crippen LogP contribution in [0.5, 0.6) is 0 Å². The lowest BCUT2D eigenvalue weighted by Crippen LogP contribution is -2.26. The minimum Gasteiger partial charge on any atom is -0.311 e. The monoisotopic (exact) mass is 318 g/mol. The molecule has 2 rings (SSSR count). The van der Waals surface area contributed by atoms with Crippen LogP contribution in [0.4, 0.5) is 5.69 Å². The molecule has 0 saturated heterocycles. The summed E-state index contributed by atoms with van der Waals surface area (Å²) >= 11 is 0. The first-order valence-electron chi connectivity index (χ1n) is 6.70. The number of benzene rings is 2. The molecule has 0 fully saturated rings.